The number of anilines is 1. The number of aromatic nitrogens is 2. The maximum Gasteiger partial charge on any atom is 0.418 e. The van der Waals surface area contributed by atoms with Gasteiger partial charge in [0.1, 0.15) is 4.90 Å². The van der Waals surface area contributed by atoms with Crippen molar-refractivity contribution in [1.82, 2.24) is 10.2 Å². The number of benzene rings is 1. The SMILES string of the molecule is Cc1[nH]ncc1S(=O)(=O)Nc1ccc(Br)cc1C(F)(F)F. The minimum absolute atomic E-state index is 0.192. The summed E-state index contributed by atoms with van der Waals surface area (Å²) in [5.41, 5.74) is -1.40. The molecule has 1 aromatic heterocycles. The van der Waals surface area contributed by atoms with Crippen molar-refractivity contribution >= 4 is 31.6 Å². The molecule has 0 fully saturated rings. The van der Waals surface area contributed by atoms with Gasteiger partial charge in [0.25, 0.3) is 10.0 Å². The fraction of sp³-hybridized carbons (Fsp3) is 0.182. The highest BCUT2D eigenvalue weighted by Gasteiger charge is 2.35. The third-order valence-electron chi connectivity index (χ3n) is 2.60. The highest BCUT2D eigenvalue weighted by Crippen LogP contribution is 2.37. The van der Waals surface area contributed by atoms with Crippen LogP contribution in [0.25, 0.3) is 0 Å². The van der Waals surface area contributed by atoms with Gasteiger partial charge in [0, 0.05) is 4.47 Å². The van der Waals surface area contributed by atoms with Gasteiger partial charge in [-0.1, -0.05) is 15.9 Å². The summed E-state index contributed by atoms with van der Waals surface area (Å²) in [5, 5.41) is 5.96. The zero-order chi connectivity index (χ0) is 15.8. The van der Waals surface area contributed by atoms with Crippen molar-refractivity contribution in [1.29, 1.82) is 0 Å². The van der Waals surface area contributed by atoms with Crippen LogP contribution >= 0.6 is 15.9 Å². The highest BCUT2D eigenvalue weighted by atomic mass is 79.9. The predicted molar refractivity (Wildman–Crippen MR) is 73.3 cm³/mol. The standard InChI is InChI=1S/C11H9BrF3N3O2S/c1-6-10(5-16-17-6)21(19,20)18-9-3-2-7(12)4-8(9)11(13,14)15/h2-5,18H,1H3,(H,16,17). The topological polar surface area (TPSA) is 74.8 Å². The number of rotatable bonds is 3. The van der Waals surface area contributed by atoms with Crippen LogP contribution in [0.4, 0.5) is 18.9 Å². The van der Waals surface area contributed by atoms with Gasteiger partial charge in [-0.3, -0.25) is 9.82 Å². The van der Waals surface area contributed by atoms with Crippen molar-refractivity contribution in [2.75, 3.05) is 4.72 Å². The first-order valence-electron chi connectivity index (χ1n) is 5.51. The summed E-state index contributed by atoms with van der Waals surface area (Å²) in [5.74, 6) is 0. The third kappa shape index (κ3) is 3.38. The van der Waals surface area contributed by atoms with E-state index in [9.17, 15) is 21.6 Å². The Kier molecular flexibility index (Phi) is 4.02. The van der Waals surface area contributed by atoms with Crippen LogP contribution in [0.15, 0.2) is 33.8 Å². The van der Waals surface area contributed by atoms with Gasteiger partial charge in [-0.15, -0.1) is 0 Å². The van der Waals surface area contributed by atoms with E-state index >= 15 is 0 Å². The van der Waals surface area contributed by atoms with Crippen LogP contribution in [0.3, 0.4) is 0 Å². The normalized spacial score (nSPS) is 12.4. The molecule has 0 aliphatic rings. The summed E-state index contributed by atoms with van der Waals surface area (Å²) in [6.45, 7) is 1.45. The molecule has 114 valence electrons. The highest BCUT2D eigenvalue weighted by molar-refractivity contribution is 9.10. The molecule has 0 aliphatic heterocycles. The Labute approximate surface area is 126 Å². The van der Waals surface area contributed by atoms with Crippen molar-refractivity contribution < 1.29 is 21.6 Å². The zero-order valence-corrected chi connectivity index (χ0v) is 12.9. The van der Waals surface area contributed by atoms with Gasteiger partial charge < -0.3 is 0 Å². The number of H-pyrrole nitrogens is 1. The Morgan fingerprint density at radius 2 is 2.00 bits per heavy atom. The minimum atomic E-state index is -4.69. The molecule has 0 aliphatic carbocycles. The molecule has 1 aromatic carbocycles. The van der Waals surface area contributed by atoms with E-state index in [-0.39, 0.29) is 15.1 Å². The van der Waals surface area contributed by atoms with Gasteiger partial charge >= 0.3 is 6.18 Å². The zero-order valence-electron chi connectivity index (χ0n) is 10.5. The average molecular weight is 384 g/mol. The Morgan fingerprint density at radius 3 is 2.52 bits per heavy atom. The molecule has 1 heterocycles. The molecular weight excluding hydrogens is 375 g/mol. The van der Waals surface area contributed by atoms with Crippen LogP contribution in [-0.4, -0.2) is 18.6 Å². The molecular formula is C11H9BrF3N3O2S. The molecule has 0 spiro atoms. The summed E-state index contributed by atoms with van der Waals surface area (Å²) >= 11 is 2.93. The van der Waals surface area contributed by atoms with E-state index in [0.717, 1.165) is 18.3 Å². The Balaban J connectivity index is 2.48. The van der Waals surface area contributed by atoms with Gasteiger partial charge in [-0.05, 0) is 25.1 Å². The molecule has 0 unspecified atom stereocenters. The summed E-state index contributed by atoms with van der Waals surface area (Å²) in [6.07, 6.45) is -3.66. The van der Waals surface area contributed by atoms with E-state index in [0.29, 0.717) is 0 Å². The second-order valence-electron chi connectivity index (χ2n) is 4.15. The number of hydrogen-bond acceptors (Lipinski definition) is 3. The van der Waals surface area contributed by atoms with Gasteiger partial charge in [0.2, 0.25) is 0 Å². The van der Waals surface area contributed by atoms with Gasteiger partial charge in [-0.2, -0.15) is 18.3 Å². The molecule has 2 rings (SSSR count). The second-order valence-corrected chi connectivity index (χ2v) is 6.72. The maximum atomic E-state index is 13.0. The molecule has 0 saturated carbocycles. The molecule has 0 saturated heterocycles. The van der Waals surface area contributed by atoms with Crippen molar-refractivity contribution in [3.63, 3.8) is 0 Å². The number of aromatic amines is 1. The molecule has 0 amide bonds. The fourth-order valence-electron chi connectivity index (χ4n) is 1.65. The number of halogens is 4. The van der Waals surface area contributed by atoms with Crippen molar-refractivity contribution in [2.45, 2.75) is 18.0 Å². The monoisotopic (exact) mass is 383 g/mol. The fourth-order valence-corrected chi connectivity index (χ4v) is 3.23. The molecule has 0 bridgehead atoms. The lowest BCUT2D eigenvalue weighted by molar-refractivity contribution is -0.136. The van der Waals surface area contributed by atoms with Crippen molar-refractivity contribution in [3.8, 4) is 0 Å². The first-order chi connectivity index (χ1) is 9.61. The predicted octanol–water partition coefficient (Wildman–Crippen LogP) is 3.30. The first kappa shape index (κ1) is 15.8. The third-order valence-corrected chi connectivity index (χ3v) is 4.58. The summed E-state index contributed by atoms with van der Waals surface area (Å²) in [6, 6.07) is 3.16. The smallest absolute Gasteiger partial charge is 0.281 e. The minimum Gasteiger partial charge on any atom is -0.281 e. The average Bonchev–Trinajstić information content (AvgIpc) is 2.77. The lowest BCUT2D eigenvalue weighted by Gasteiger charge is -2.15. The number of alkyl halides is 3. The van der Waals surface area contributed by atoms with E-state index in [2.05, 4.69) is 26.1 Å². The van der Waals surface area contributed by atoms with Crippen LogP contribution in [0.1, 0.15) is 11.3 Å². The van der Waals surface area contributed by atoms with Crippen LogP contribution in [0, 0.1) is 6.92 Å². The largest absolute Gasteiger partial charge is 0.418 e. The number of hydrogen-bond donors (Lipinski definition) is 2. The first-order valence-corrected chi connectivity index (χ1v) is 7.78. The lowest BCUT2D eigenvalue weighted by Crippen LogP contribution is -2.17. The van der Waals surface area contributed by atoms with Crippen molar-refractivity contribution in [2.24, 2.45) is 0 Å². The van der Waals surface area contributed by atoms with E-state index in [1.807, 2.05) is 4.72 Å². The van der Waals surface area contributed by atoms with E-state index < -0.39 is 27.5 Å². The molecule has 2 aromatic rings. The molecule has 0 radical (unpaired) electrons. The lowest BCUT2D eigenvalue weighted by atomic mass is 10.2. The van der Waals surface area contributed by atoms with Gasteiger partial charge in [0.15, 0.2) is 0 Å². The second kappa shape index (κ2) is 5.34. The molecule has 21 heavy (non-hydrogen) atoms. The summed E-state index contributed by atoms with van der Waals surface area (Å²) in [4.78, 5) is -0.210. The number of nitrogens with one attached hydrogen (secondary N) is 2. The molecule has 2 N–H and O–H groups in total. The Morgan fingerprint density at radius 1 is 1.33 bits per heavy atom. The van der Waals surface area contributed by atoms with E-state index in [1.165, 1.54) is 13.0 Å². The van der Waals surface area contributed by atoms with Gasteiger partial charge in [0.05, 0.1) is 23.1 Å². The summed E-state index contributed by atoms with van der Waals surface area (Å²) in [7, 11) is -4.16. The Hall–Kier alpha value is -1.55. The van der Waals surface area contributed by atoms with Crippen LogP contribution in [0.2, 0.25) is 0 Å². The van der Waals surface area contributed by atoms with E-state index in [1.54, 1.807) is 0 Å². The number of sulfonamides is 1. The van der Waals surface area contributed by atoms with Crippen LogP contribution in [-0.2, 0) is 16.2 Å². The van der Waals surface area contributed by atoms with Crippen LogP contribution < -0.4 is 4.72 Å². The number of nitrogens with zero attached hydrogens (tertiary/aromatic N) is 1. The maximum absolute atomic E-state index is 13.0. The molecule has 10 heteroatoms. The van der Waals surface area contributed by atoms with Crippen molar-refractivity contribution in [3.05, 3.63) is 40.1 Å². The summed E-state index contributed by atoms with van der Waals surface area (Å²) < 4.78 is 65.2. The molecule has 0 atom stereocenters. The quantitative estimate of drug-likeness (QED) is 0.853. The number of aryl methyl sites for hydroxylation is 1. The van der Waals surface area contributed by atoms with Crippen LogP contribution in [0.5, 0.6) is 0 Å². The Bertz CT molecular complexity index is 771. The van der Waals surface area contributed by atoms with Gasteiger partial charge in [-0.25, -0.2) is 8.42 Å². The molecule has 5 nitrogen and oxygen atoms in total. The van der Waals surface area contributed by atoms with E-state index in [4.69, 9.17) is 0 Å².